The lowest BCUT2D eigenvalue weighted by Crippen LogP contribution is -2.28. The summed E-state index contributed by atoms with van der Waals surface area (Å²) in [4.78, 5) is 11.8. The minimum absolute atomic E-state index is 0.0844. The Kier molecular flexibility index (Phi) is 4.89. The Morgan fingerprint density at radius 2 is 2.12 bits per heavy atom. The van der Waals surface area contributed by atoms with Crippen molar-refractivity contribution in [1.82, 2.24) is 15.0 Å². The van der Waals surface area contributed by atoms with Crippen LogP contribution in [-0.4, -0.2) is 34.1 Å². The predicted molar refractivity (Wildman–Crippen MR) is 104 cm³/mol. The molecule has 3 aromatic rings. The molecule has 0 aliphatic heterocycles. The molecule has 0 spiro atoms. The maximum absolute atomic E-state index is 6.18. The van der Waals surface area contributed by atoms with E-state index in [0.29, 0.717) is 24.7 Å². The van der Waals surface area contributed by atoms with Crippen LogP contribution in [0.25, 0.3) is 10.9 Å². The van der Waals surface area contributed by atoms with Gasteiger partial charge in [-0.2, -0.15) is 4.98 Å². The Labute approximate surface area is 161 Å². The maximum atomic E-state index is 6.18. The number of halogens is 2. The van der Waals surface area contributed by atoms with E-state index in [1.807, 2.05) is 6.07 Å². The molecule has 2 aromatic heterocycles. The van der Waals surface area contributed by atoms with Crippen LogP contribution in [0, 0.1) is 0 Å². The van der Waals surface area contributed by atoms with Crippen LogP contribution in [0.5, 0.6) is 5.75 Å². The third kappa shape index (κ3) is 3.32. The van der Waals surface area contributed by atoms with Crippen LogP contribution in [0.3, 0.4) is 0 Å². The van der Waals surface area contributed by atoms with Gasteiger partial charge in [-0.1, -0.05) is 29.8 Å². The standard InChI is InChI=1S/C18H19Cl2N5O/c19-16-15(26-8-7-21)17(25-18(20)24-16)22-10-5-6-14-12(9-10)11-3-1-2-4-13(11)23-14/h1-4,10,23H,5-9,21H2,(H,22,24,25)/t10-/m1/s1. The van der Waals surface area contributed by atoms with Gasteiger partial charge in [0.1, 0.15) is 6.61 Å². The number of aryl methyl sites for hydroxylation is 1. The monoisotopic (exact) mass is 391 g/mol. The second-order valence-corrected chi connectivity index (χ2v) is 7.01. The molecule has 4 N–H and O–H groups in total. The molecule has 0 amide bonds. The molecule has 0 fully saturated rings. The van der Waals surface area contributed by atoms with Crippen molar-refractivity contribution in [3.8, 4) is 5.75 Å². The number of nitrogens with two attached hydrogens (primary N) is 1. The molecule has 1 aliphatic carbocycles. The third-order valence-electron chi connectivity index (χ3n) is 4.60. The van der Waals surface area contributed by atoms with E-state index in [1.54, 1.807) is 0 Å². The smallest absolute Gasteiger partial charge is 0.226 e. The number of anilines is 1. The number of ether oxygens (including phenoxy) is 1. The zero-order valence-corrected chi connectivity index (χ0v) is 15.6. The fraction of sp³-hybridized carbons (Fsp3) is 0.333. The van der Waals surface area contributed by atoms with Crippen molar-refractivity contribution in [1.29, 1.82) is 0 Å². The first-order chi connectivity index (χ1) is 12.7. The van der Waals surface area contributed by atoms with Crippen molar-refractivity contribution >= 4 is 39.9 Å². The van der Waals surface area contributed by atoms with E-state index in [4.69, 9.17) is 33.7 Å². The topological polar surface area (TPSA) is 88.8 Å². The number of para-hydroxylation sites is 1. The normalized spacial score (nSPS) is 16.5. The lowest BCUT2D eigenvalue weighted by atomic mass is 9.91. The van der Waals surface area contributed by atoms with Gasteiger partial charge in [0, 0.05) is 29.2 Å². The van der Waals surface area contributed by atoms with Gasteiger partial charge < -0.3 is 20.8 Å². The molecule has 6 nitrogen and oxygen atoms in total. The molecular formula is C18H19Cl2N5O. The Hall–Kier alpha value is -2.02. The van der Waals surface area contributed by atoms with Gasteiger partial charge in [0.15, 0.2) is 16.7 Å². The number of aromatic amines is 1. The van der Waals surface area contributed by atoms with Crippen LogP contribution in [0.1, 0.15) is 17.7 Å². The van der Waals surface area contributed by atoms with E-state index in [-0.39, 0.29) is 16.5 Å². The summed E-state index contributed by atoms with van der Waals surface area (Å²) in [5.41, 5.74) is 9.36. The van der Waals surface area contributed by atoms with E-state index >= 15 is 0 Å². The van der Waals surface area contributed by atoms with Crippen LogP contribution in [-0.2, 0) is 12.8 Å². The average Bonchev–Trinajstić information content (AvgIpc) is 2.99. The van der Waals surface area contributed by atoms with Crippen molar-refractivity contribution in [2.24, 2.45) is 5.73 Å². The van der Waals surface area contributed by atoms with E-state index in [1.165, 1.54) is 22.2 Å². The van der Waals surface area contributed by atoms with Gasteiger partial charge in [0.05, 0.1) is 0 Å². The first kappa shape index (κ1) is 17.4. The van der Waals surface area contributed by atoms with Gasteiger partial charge in [0.2, 0.25) is 5.28 Å². The maximum Gasteiger partial charge on any atom is 0.226 e. The molecule has 26 heavy (non-hydrogen) atoms. The molecule has 1 aromatic carbocycles. The Morgan fingerprint density at radius 3 is 2.96 bits per heavy atom. The minimum atomic E-state index is 0.0844. The summed E-state index contributed by atoms with van der Waals surface area (Å²) >= 11 is 12.2. The summed E-state index contributed by atoms with van der Waals surface area (Å²) in [7, 11) is 0. The molecular weight excluding hydrogens is 373 g/mol. The highest BCUT2D eigenvalue weighted by Crippen LogP contribution is 2.34. The predicted octanol–water partition coefficient (Wildman–Crippen LogP) is 3.57. The highest BCUT2D eigenvalue weighted by atomic mass is 35.5. The second kappa shape index (κ2) is 7.31. The summed E-state index contributed by atoms with van der Waals surface area (Å²) in [5, 5.41) is 4.98. The number of fused-ring (bicyclic) bond motifs is 3. The molecule has 136 valence electrons. The lowest BCUT2D eigenvalue weighted by Gasteiger charge is -2.25. The number of benzene rings is 1. The molecule has 0 bridgehead atoms. The molecule has 1 aliphatic rings. The number of rotatable bonds is 5. The Morgan fingerprint density at radius 1 is 1.27 bits per heavy atom. The summed E-state index contributed by atoms with van der Waals surface area (Å²) < 4.78 is 5.63. The van der Waals surface area contributed by atoms with Crippen LogP contribution >= 0.6 is 23.2 Å². The van der Waals surface area contributed by atoms with Crippen LogP contribution < -0.4 is 15.8 Å². The molecule has 0 saturated carbocycles. The number of hydrogen-bond donors (Lipinski definition) is 3. The van der Waals surface area contributed by atoms with Gasteiger partial charge in [-0.25, -0.2) is 4.98 Å². The lowest BCUT2D eigenvalue weighted by molar-refractivity contribution is 0.327. The van der Waals surface area contributed by atoms with Crippen molar-refractivity contribution in [3.05, 3.63) is 46.0 Å². The minimum Gasteiger partial charge on any atom is -0.486 e. The first-order valence-corrected chi connectivity index (χ1v) is 9.32. The zero-order valence-electron chi connectivity index (χ0n) is 14.1. The number of nitrogens with one attached hydrogen (secondary N) is 2. The van der Waals surface area contributed by atoms with E-state index in [9.17, 15) is 0 Å². The average molecular weight is 392 g/mol. The van der Waals surface area contributed by atoms with Crippen molar-refractivity contribution in [3.63, 3.8) is 0 Å². The van der Waals surface area contributed by atoms with Crippen LogP contribution in [0.4, 0.5) is 5.82 Å². The molecule has 4 rings (SSSR count). The fourth-order valence-electron chi connectivity index (χ4n) is 3.47. The van der Waals surface area contributed by atoms with Gasteiger partial charge in [-0.05, 0) is 42.5 Å². The molecule has 0 radical (unpaired) electrons. The highest BCUT2D eigenvalue weighted by Gasteiger charge is 2.24. The quantitative estimate of drug-likeness (QED) is 0.456. The largest absolute Gasteiger partial charge is 0.486 e. The van der Waals surface area contributed by atoms with Gasteiger partial charge in [-0.3, -0.25) is 0 Å². The number of aromatic nitrogens is 3. The van der Waals surface area contributed by atoms with Crippen LogP contribution in [0.15, 0.2) is 24.3 Å². The summed E-state index contributed by atoms with van der Waals surface area (Å²) in [6.07, 6.45) is 2.82. The Bertz CT molecular complexity index is 943. The molecule has 1 atom stereocenters. The van der Waals surface area contributed by atoms with Crippen molar-refractivity contribution in [2.75, 3.05) is 18.5 Å². The van der Waals surface area contributed by atoms with Gasteiger partial charge >= 0.3 is 0 Å². The van der Waals surface area contributed by atoms with E-state index < -0.39 is 0 Å². The van der Waals surface area contributed by atoms with E-state index in [0.717, 1.165) is 19.3 Å². The fourth-order valence-corrected chi connectivity index (χ4v) is 3.91. The molecule has 0 saturated heterocycles. The van der Waals surface area contributed by atoms with Gasteiger partial charge in [0.25, 0.3) is 0 Å². The van der Waals surface area contributed by atoms with E-state index in [2.05, 4.69) is 38.5 Å². The Balaban J connectivity index is 1.60. The molecule has 2 heterocycles. The van der Waals surface area contributed by atoms with Gasteiger partial charge in [-0.15, -0.1) is 0 Å². The first-order valence-electron chi connectivity index (χ1n) is 8.56. The zero-order chi connectivity index (χ0) is 18.1. The van der Waals surface area contributed by atoms with Crippen LogP contribution in [0.2, 0.25) is 10.4 Å². The third-order valence-corrected chi connectivity index (χ3v) is 5.02. The SMILES string of the molecule is NCCOc1c(Cl)nc(Cl)nc1N[C@@H]1CCc2[nH]c3ccccc3c2C1. The number of H-pyrrole nitrogens is 1. The molecule has 0 unspecified atom stereocenters. The van der Waals surface area contributed by atoms with Crippen molar-refractivity contribution in [2.45, 2.75) is 25.3 Å². The number of nitrogens with zero attached hydrogens (tertiary/aromatic N) is 2. The number of hydrogen-bond acceptors (Lipinski definition) is 5. The highest BCUT2D eigenvalue weighted by molar-refractivity contribution is 6.33. The molecule has 8 heteroatoms. The summed E-state index contributed by atoms with van der Waals surface area (Å²) in [5.74, 6) is 0.906. The second-order valence-electron chi connectivity index (χ2n) is 6.31. The summed E-state index contributed by atoms with van der Waals surface area (Å²) in [6.45, 7) is 0.706. The van der Waals surface area contributed by atoms with Crippen molar-refractivity contribution < 1.29 is 4.74 Å². The summed E-state index contributed by atoms with van der Waals surface area (Å²) in [6, 6.07) is 8.58.